The van der Waals surface area contributed by atoms with Crippen molar-refractivity contribution in [3.8, 4) is 0 Å². The Balaban J connectivity index is 2.09. The number of aliphatic hydroxyl groups excluding tert-OH is 1. The molecule has 0 aromatic heterocycles. The van der Waals surface area contributed by atoms with Gasteiger partial charge in [0.15, 0.2) is 5.56 Å². The third-order valence-corrected chi connectivity index (χ3v) is 1.08. The molecule has 2 nitrogen and oxygen atoms in total. The molecule has 0 spiro atoms. The molecule has 1 saturated heterocycles. The first-order valence-corrected chi connectivity index (χ1v) is 2.18. The van der Waals surface area contributed by atoms with Crippen molar-refractivity contribution in [3.05, 3.63) is 0 Å². The van der Waals surface area contributed by atoms with E-state index < -0.39 is 0 Å². The zero-order chi connectivity index (χ0) is 4.57. The van der Waals surface area contributed by atoms with Gasteiger partial charge in [0.1, 0.15) is 6.10 Å². The molecule has 3 heteroatoms. The summed E-state index contributed by atoms with van der Waals surface area (Å²) in [6, 6.07) is 0. The molecule has 0 aromatic rings. The minimum absolute atomic E-state index is 0.0498. The van der Waals surface area contributed by atoms with E-state index in [2.05, 4.69) is 4.74 Å². The van der Waals surface area contributed by atoms with Crippen molar-refractivity contribution < 1.29 is 9.84 Å². The number of halogens is 1. The molecule has 1 N–H and O–H groups in total. The third kappa shape index (κ3) is 0.644. The highest BCUT2D eigenvalue weighted by Gasteiger charge is 2.35. The first kappa shape index (κ1) is 4.37. The molecule has 0 amide bonds. The lowest BCUT2D eigenvalue weighted by Crippen LogP contribution is -1.92. The van der Waals surface area contributed by atoms with Crippen LogP contribution in [0.15, 0.2) is 0 Å². The Morgan fingerprint density at radius 1 is 1.83 bits per heavy atom. The number of aliphatic hydroxyl groups is 1. The summed E-state index contributed by atoms with van der Waals surface area (Å²) in [5, 5.41) is 8.17. The maximum atomic E-state index is 8.17. The second kappa shape index (κ2) is 1.37. The fraction of sp³-hybridized carbons (Fsp3) is 1.00. The Bertz CT molecular complexity index is 54.8. The number of ether oxygens (including phenoxy) is 1. The van der Waals surface area contributed by atoms with Crippen molar-refractivity contribution >= 4 is 11.6 Å². The van der Waals surface area contributed by atoms with E-state index in [4.69, 9.17) is 16.7 Å². The molecular weight excluding hydrogens is 103 g/mol. The topological polar surface area (TPSA) is 32.8 Å². The molecule has 1 aliphatic rings. The first-order chi connectivity index (χ1) is 2.84. The summed E-state index contributed by atoms with van der Waals surface area (Å²) in [6.07, 6.45) is -0.0772. The largest absolute Gasteiger partial charge is 0.394 e. The van der Waals surface area contributed by atoms with E-state index >= 15 is 0 Å². The van der Waals surface area contributed by atoms with Crippen molar-refractivity contribution in [2.24, 2.45) is 0 Å². The van der Waals surface area contributed by atoms with Gasteiger partial charge in [0, 0.05) is 0 Å². The summed E-state index contributed by atoms with van der Waals surface area (Å²) in [5.41, 5.74) is -0.213. The van der Waals surface area contributed by atoms with Crippen LogP contribution in [0.5, 0.6) is 0 Å². The zero-order valence-corrected chi connectivity index (χ0v) is 3.85. The highest BCUT2D eigenvalue weighted by Crippen LogP contribution is 2.24. The number of alkyl halides is 1. The minimum atomic E-state index is -0.213. The summed E-state index contributed by atoms with van der Waals surface area (Å²) in [7, 11) is 0. The van der Waals surface area contributed by atoms with Gasteiger partial charge in [-0.05, 0) is 0 Å². The van der Waals surface area contributed by atoms with Crippen LogP contribution in [0, 0.1) is 0 Å². The van der Waals surface area contributed by atoms with E-state index in [0.717, 1.165) is 0 Å². The van der Waals surface area contributed by atoms with Gasteiger partial charge < -0.3 is 9.84 Å². The summed E-state index contributed by atoms with van der Waals surface area (Å²) in [5.74, 6) is 0. The van der Waals surface area contributed by atoms with E-state index in [0.29, 0.717) is 0 Å². The molecule has 1 rings (SSSR count). The highest BCUT2D eigenvalue weighted by atomic mass is 35.5. The van der Waals surface area contributed by atoms with Crippen LogP contribution in [0.2, 0.25) is 0 Å². The molecule has 36 valence electrons. The second-order valence-electron chi connectivity index (χ2n) is 1.21. The minimum Gasteiger partial charge on any atom is -0.394 e. The molecule has 1 heterocycles. The van der Waals surface area contributed by atoms with Gasteiger partial charge >= 0.3 is 0 Å². The van der Waals surface area contributed by atoms with E-state index in [1.165, 1.54) is 0 Å². The molecule has 1 fully saturated rings. The Kier molecular flexibility index (Phi) is 0.998. The van der Waals surface area contributed by atoms with E-state index in [9.17, 15) is 0 Å². The van der Waals surface area contributed by atoms with Crippen LogP contribution in [-0.2, 0) is 4.74 Å². The van der Waals surface area contributed by atoms with Crippen molar-refractivity contribution in [1.29, 1.82) is 0 Å². The van der Waals surface area contributed by atoms with Crippen LogP contribution >= 0.6 is 11.6 Å². The molecule has 0 saturated carbocycles. The van der Waals surface area contributed by atoms with Crippen LogP contribution < -0.4 is 0 Å². The average molecular weight is 109 g/mol. The molecule has 1 aliphatic heterocycles. The molecule has 6 heavy (non-hydrogen) atoms. The van der Waals surface area contributed by atoms with Gasteiger partial charge in [0.2, 0.25) is 0 Å². The van der Waals surface area contributed by atoms with Crippen LogP contribution in [-0.4, -0.2) is 23.4 Å². The lowest BCUT2D eigenvalue weighted by molar-refractivity contribution is 0.243. The maximum Gasteiger partial charge on any atom is 0.160 e. The SMILES string of the molecule is OCC1OC1Cl. The summed E-state index contributed by atoms with van der Waals surface area (Å²) < 4.78 is 4.58. The maximum absolute atomic E-state index is 8.17. The highest BCUT2D eigenvalue weighted by molar-refractivity contribution is 6.21. The number of hydrogen-bond donors (Lipinski definition) is 1. The van der Waals surface area contributed by atoms with Gasteiger partial charge in [0.25, 0.3) is 0 Å². The van der Waals surface area contributed by atoms with Gasteiger partial charge in [-0.25, -0.2) is 0 Å². The summed E-state index contributed by atoms with van der Waals surface area (Å²) in [6.45, 7) is 0.0498. The van der Waals surface area contributed by atoms with Crippen molar-refractivity contribution in [2.75, 3.05) is 6.61 Å². The van der Waals surface area contributed by atoms with Crippen molar-refractivity contribution in [2.45, 2.75) is 11.7 Å². The second-order valence-corrected chi connectivity index (χ2v) is 1.64. The van der Waals surface area contributed by atoms with Crippen LogP contribution in [0.25, 0.3) is 0 Å². The fourth-order valence-corrected chi connectivity index (χ4v) is 0.459. The quantitative estimate of drug-likeness (QED) is 0.377. The van der Waals surface area contributed by atoms with E-state index in [-0.39, 0.29) is 18.3 Å². The predicted octanol–water partition coefficient (Wildman–Crippen LogP) is -0.0576. The molecule has 0 aliphatic carbocycles. The standard InChI is InChI=1S/C3H5ClO2/c4-3-2(1-5)6-3/h2-3,5H,1H2. The van der Waals surface area contributed by atoms with Crippen molar-refractivity contribution in [1.82, 2.24) is 0 Å². The first-order valence-electron chi connectivity index (χ1n) is 1.75. The Labute approximate surface area is 40.7 Å². The fourth-order valence-electron chi connectivity index (χ4n) is 0.248. The summed E-state index contributed by atoms with van der Waals surface area (Å²) in [4.78, 5) is 0. The monoisotopic (exact) mass is 108 g/mol. The molecule has 0 aromatic carbocycles. The number of epoxide rings is 1. The Morgan fingerprint density at radius 3 is 2.33 bits per heavy atom. The average Bonchev–Trinajstić information content (AvgIpc) is 2.19. The summed E-state index contributed by atoms with van der Waals surface area (Å²) >= 11 is 5.27. The van der Waals surface area contributed by atoms with E-state index in [1.807, 2.05) is 0 Å². The zero-order valence-electron chi connectivity index (χ0n) is 3.10. The van der Waals surface area contributed by atoms with Gasteiger partial charge in [0.05, 0.1) is 6.61 Å². The smallest absolute Gasteiger partial charge is 0.160 e. The lowest BCUT2D eigenvalue weighted by atomic mass is 10.5. The van der Waals surface area contributed by atoms with Gasteiger partial charge in [-0.3, -0.25) is 0 Å². The normalized spacial score (nSPS) is 43.0. The molecule has 0 radical (unpaired) electrons. The van der Waals surface area contributed by atoms with Gasteiger partial charge in [-0.1, -0.05) is 11.6 Å². The van der Waals surface area contributed by atoms with Crippen molar-refractivity contribution in [3.63, 3.8) is 0 Å². The number of rotatable bonds is 1. The Morgan fingerprint density at radius 2 is 2.33 bits per heavy atom. The number of hydrogen-bond acceptors (Lipinski definition) is 2. The van der Waals surface area contributed by atoms with Crippen LogP contribution in [0.1, 0.15) is 0 Å². The predicted molar refractivity (Wildman–Crippen MR) is 21.6 cm³/mol. The molecule has 0 bridgehead atoms. The molecule has 2 atom stereocenters. The third-order valence-electron chi connectivity index (χ3n) is 0.700. The molecule has 2 unspecified atom stereocenters. The lowest BCUT2D eigenvalue weighted by Gasteiger charge is -1.71. The van der Waals surface area contributed by atoms with Crippen LogP contribution in [0.3, 0.4) is 0 Å². The van der Waals surface area contributed by atoms with Gasteiger partial charge in [-0.2, -0.15) is 0 Å². The Hall–Kier alpha value is 0.210. The van der Waals surface area contributed by atoms with Crippen LogP contribution in [0.4, 0.5) is 0 Å². The molecular formula is C3H5ClO2. The van der Waals surface area contributed by atoms with E-state index in [1.54, 1.807) is 0 Å². The van der Waals surface area contributed by atoms with Gasteiger partial charge in [-0.15, -0.1) is 0 Å².